The Balaban J connectivity index is 2.89. The lowest BCUT2D eigenvalue weighted by Gasteiger charge is -2.19. The van der Waals surface area contributed by atoms with E-state index in [-0.39, 0.29) is 4.75 Å². The summed E-state index contributed by atoms with van der Waals surface area (Å²) in [6.45, 7) is 5.82. The minimum absolute atomic E-state index is 0.327. The van der Waals surface area contributed by atoms with Gasteiger partial charge < -0.3 is 4.55 Å². The lowest BCUT2D eigenvalue weighted by molar-refractivity contribution is 0.561. The van der Waals surface area contributed by atoms with Gasteiger partial charge in [0.2, 0.25) is 0 Å². The Bertz CT molecular complexity index is 400. The van der Waals surface area contributed by atoms with E-state index in [1.807, 2.05) is 51.1 Å². The van der Waals surface area contributed by atoms with Crippen LogP contribution in [-0.4, -0.2) is 20.9 Å². The zero-order chi connectivity index (χ0) is 14.3. The van der Waals surface area contributed by atoms with E-state index >= 15 is 0 Å². The molecule has 106 valence electrons. The zero-order valence-corrected chi connectivity index (χ0v) is 13.4. The summed E-state index contributed by atoms with van der Waals surface area (Å²) in [7, 11) is 0. The SMILES string of the molecule is CC(C)(C)[S@+]([O-])N=C(CCCCCl)c1ccccc1. The van der Waals surface area contributed by atoms with Gasteiger partial charge in [-0.25, -0.2) is 0 Å². The molecule has 1 aromatic rings. The summed E-state index contributed by atoms with van der Waals surface area (Å²) in [6.07, 6.45) is 2.74. The van der Waals surface area contributed by atoms with Crippen molar-refractivity contribution in [3.8, 4) is 0 Å². The van der Waals surface area contributed by atoms with Gasteiger partial charge in [0.05, 0.1) is 5.71 Å². The molecule has 1 aromatic carbocycles. The number of alkyl halides is 1. The van der Waals surface area contributed by atoms with E-state index in [1.54, 1.807) is 0 Å². The summed E-state index contributed by atoms with van der Waals surface area (Å²) in [5.74, 6) is 0.657. The first-order valence-electron chi connectivity index (χ1n) is 6.56. The van der Waals surface area contributed by atoms with Crippen molar-refractivity contribution in [2.75, 3.05) is 5.88 Å². The van der Waals surface area contributed by atoms with E-state index < -0.39 is 11.4 Å². The minimum atomic E-state index is -1.22. The fourth-order valence-electron chi connectivity index (χ4n) is 1.50. The van der Waals surface area contributed by atoms with E-state index in [2.05, 4.69) is 4.40 Å². The van der Waals surface area contributed by atoms with Crippen LogP contribution in [0.1, 0.15) is 45.6 Å². The molecule has 0 fully saturated rings. The van der Waals surface area contributed by atoms with Crippen molar-refractivity contribution in [2.45, 2.75) is 44.8 Å². The highest BCUT2D eigenvalue weighted by Gasteiger charge is 2.27. The predicted octanol–water partition coefficient (Wildman–Crippen LogP) is 4.35. The first-order chi connectivity index (χ1) is 8.95. The fraction of sp³-hybridized carbons (Fsp3) is 0.533. The van der Waals surface area contributed by atoms with Gasteiger partial charge in [-0.1, -0.05) is 34.7 Å². The van der Waals surface area contributed by atoms with Crippen molar-refractivity contribution >= 4 is 28.7 Å². The Morgan fingerprint density at radius 2 is 1.84 bits per heavy atom. The smallest absolute Gasteiger partial charge is 0.144 e. The van der Waals surface area contributed by atoms with Crippen LogP contribution in [0, 0.1) is 0 Å². The second kappa shape index (κ2) is 7.93. The van der Waals surface area contributed by atoms with Crippen molar-refractivity contribution in [3.63, 3.8) is 0 Å². The van der Waals surface area contributed by atoms with Crippen LogP contribution in [0.4, 0.5) is 0 Å². The normalized spacial score (nSPS) is 14.5. The first-order valence-corrected chi connectivity index (χ1v) is 8.20. The third kappa shape index (κ3) is 5.98. The van der Waals surface area contributed by atoms with Gasteiger partial charge in [0.25, 0.3) is 0 Å². The second-order valence-electron chi connectivity index (χ2n) is 5.41. The molecule has 0 aliphatic carbocycles. The molecule has 0 spiro atoms. The standard InChI is InChI=1S/C15H22ClNOS/c1-15(2,3)19(18)17-14(11-7-8-12-16)13-9-5-4-6-10-13/h4-6,9-10H,7-8,11-12H2,1-3H3/t19-/m0/s1. The van der Waals surface area contributed by atoms with Crippen LogP contribution < -0.4 is 0 Å². The van der Waals surface area contributed by atoms with Crippen LogP contribution in [-0.2, 0) is 11.4 Å². The van der Waals surface area contributed by atoms with Crippen LogP contribution in [0.2, 0.25) is 0 Å². The Morgan fingerprint density at radius 3 is 2.37 bits per heavy atom. The summed E-state index contributed by atoms with van der Waals surface area (Å²) in [4.78, 5) is 0. The van der Waals surface area contributed by atoms with Gasteiger partial charge in [-0.15, -0.1) is 11.6 Å². The molecule has 0 heterocycles. The average molecular weight is 300 g/mol. The molecule has 19 heavy (non-hydrogen) atoms. The van der Waals surface area contributed by atoms with Gasteiger partial charge >= 0.3 is 0 Å². The van der Waals surface area contributed by atoms with Crippen molar-refractivity contribution in [1.82, 2.24) is 0 Å². The Labute approximate surface area is 124 Å². The average Bonchev–Trinajstić information content (AvgIpc) is 2.37. The van der Waals surface area contributed by atoms with Crippen molar-refractivity contribution in [1.29, 1.82) is 0 Å². The van der Waals surface area contributed by atoms with Gasteiger partial charge in [-0.2, -0.15) is 0 Å². The Morgan fingerprint density at radius 1 is 1.21 bits per heavy atom. The molecule has 0 N–H and O–H groups in total. The Kier molecular flexibility index (Phi) is 6.90. The maximum Gasteiger partial charge on any atom is 0.144 e. The molecular weight excluding hydrogens is 278 g/mol. The fourth-order valence-corrected chi connectivity index (χ4v) is 2.36. The molecule has 0 radical (unpaired) electrons. The van der Waals surface area contributed by atoms with Gasteiger partial charge in [-0.3, -0.25) is 0 Å². The lowest BCUT2D eigenvalue weighted by atomic mass is 10.1. The molecule has 0 saturated carbocycles. The van der Waals surface area contributed by atoms with E-state index in [9.17, 15) is 4.55 Å². The van der Waals surface area contributed by atoms with Crippen molar-refractivity contribution < 1.29 is 4.55 Å². The van der Waals surface area contributed by atoms with E-state index in [0.29, 0.717) is 5.88 Å². The number of rotatable bonds is 6. The Hall–Kier alpha value is -0.510. The molecule has 0 aliphatic rings. The first kappa shape index (κ1) is 16.5. The number of hydrogen-bond acceptors (Lipinski definition) is 2. The molecule has 0 bridgehead atoms. The highest BCUT2D eigenvalue weighted by atomic mass is 35.5. The maximum atomic E-state index is 12.2. The molecule has 0 aliphatic heterocycles. The van der Waals surface area contributed by atoms with E-state index in [1.165, 1.54) is 0 Å². The quantitative estimate of drug-likeness (QED) is 0.333. The zero-order valence-electron chi connectivity index (χ0n) is 11.9. The van der Waals surface area contributed by atoms with E-state index in [4.69, 9.17) is 11.6 Å². The molecule has 0 unspecified atom stereocenters. The van der Waals surface area contributed by atoms with Crippen LogP contribution in [0.5, 0.6) is 0 Å². The topological polar surface area (TPSA) is 35.4 Å². The monoisotopic (exact) mass is 299 g/mol. The van der Waals surface area contributed by atoms with Gasteiger partial charge in [0.15, 0.2) is 0 Å². The number of unbranched alkanes of at least 4 members (excludes halogenated alkanes) is 1. The van der Waals surface area contributed by atoms with Crippen molar-refractivity contribution in [3.05, 3.63) is 35.9 Å². The van der Waals surface area contributed by atoms with Gasteiger partial charge in [0.1, 0.15) is 16.1 Å². The summed E-state index contributed by atoms with van der Waals surface area (Å²) < 4.78 is 16.3. The molecular formula is C15H22ClNOS. The predicted molar refractivity (Wildman–Crippen MR) is 85.4 cm³/mol. The molecule has 1 atom stereocenters. The highest BCUT2D eigenvalue weighted by Crippen LogP contribution is 2.20. The number of nitrogens with zero attached hydrogens (tertiary/aromatic N) is 1. The second-order valence-corrected chi connectivity index (χ2v) is 7.70. The van der Waals surface area contributed by atoms with Gasteiger partial charge in [0, 0.05) is 11.4 Å². The van der Waals surface area contributed by atoms with Crippen molar-refractivity contribution in [2.24, 2.45) is 4.40 Å². The third-order valence-corrected chi connectivity index (χ3v) is 4.32. The van der Waals surface area contributed by atoms with Crippen LogP contribution in [0.3, 0.4) is 0 Å². The van der Waals surface area contributed by atoms with Crippen LogP contribution in [0.25, 0.3) is 0 Å². The molecule has 4 heteroatoms. The van der Waals surface area contributed by atoms with Gasteiger partial charge in [-0.05, 0) is 40.0 Å². The summed E-state index contributed by atoms with van der Waals surface area (Å²) in [5.41, 5.74) is 1.97. The minimum Gasteiger partial charge on any atom is -0.591 e. The maximum absolute atomic E-state index is 12.2. The summed E-state index contributed by atoms with van der Waals surface area (Å²) in [6, 6.07) is 9.96. The largest absolute Gasteiger partial charge is 0.591 e. The molecule has 2 nitrogen and oxygen atoms in total. The number of halogens is 1. The number of benzene rings is 1. The number of hydrogen-bond donors (Lipinski definition) is 0. The molecule has 0 saturated heterocycles. The lowest BCUT2D eigenvalue weighted by Crippen LogP contribution is -2.27. The molecule has 0 amide bonds. The van der Waals surface area contributed by atoms with E-state index in [0.717, 1.165) is 30.5 Å². The molecule has 1 rings (SSSR count). The molecule has 0 aromatic heterocycles. The van der Waals surface area contributed by atoms with Crippen LogP contribution >= 0.6 is 11.6 Å². The summed E-state index contributed by atoms with van der Waals surface area (Å²) in [5, 5.41) is 0. The highest BCUT2D eigenvalue weighted by molar-refractivity contribution is 7.91. The van der Waals surface area contributed by atoms with Crippen LogP contribution in [0.15, 0.2) is 34.7 Å². The third-order valence-electron chi connectivity index (χ3n) is 2.62. The summed E-state index contributed by atoms with van der Waals surface area (Å²) >= 11 is 4.49.